The third kappa shape index (κ3) is 5.49. The molecule has 2 atom stereocenters. The van der Waals surface area contributed by atoms with Crippen LogP contribution in [-0.4, -0.2) is 30.0 Å². The van der Waals surface area contributed by atoms with Gasteiger partial charge < -0.3 is 20.3 Å². The van der Waals surface area contributed by atoms with Gasteiger partial charge in [-0.05, 0) is 32.4 Å². The lowest BCUT2D eigenvalue weighted by Crippen LogP contribution is -2.43. The summed E-state index contributed by atoms with van der Waals surface area (Å²) in [5.74, 6) is 1.47. The maximum absolute atomic E-state index is 9.17. The Labute approximate surface area is 115 Å². The van der Waals surface area contributed by atoms with Crippen molar-refractivity contribution >= 4 is 0 Å². The molecule has 1 rings (SSSR count). The van der Waals surface area contributed by atoms with Gasteiger partial charge in [-0.25, -0.2) is 0 Å². The number of aliphatic hydroxyl groups excluding tert-OH is 1. The van der Waals surface area contributed by atoms with Gasteiger partial charge in [0.25, 0.3) is 0 Å². The lowest BCUT2D eigenvalue weighted by Gasteiger charge is -2.26. The van der Waals surface area contributed by atoms with Gasteiger partial charge in [0.1, 0.15) is 0 Å². The molecule has 0 aliphatic rings. The Balaban J connectivity index is 2.65. The molecule has 0 amide bonds. The number of hydrogen-bond donors (Lipinski definition) is 2. The zero-order chi connectivity index (χ0) is 14.3. The van der Waals surface area contributed by atoms with Gasteiger partial charge in [0.05, 0.1) is 19.3 Å². The van der Waals surface area contributed by atoms with Crippen LogP contribution in [0.15, 0.2) is 24.3 Å². The smallest absolute Gasteiger partial charge is 0.161 e. The summed E-state index contributed by atoms with van der Waals surface area (Å²) in [6.07, 6.45) is 1.44. The minimum absolute atomic E-state index is 0.0608. The fourth-order valence-electron chi connectivity index (χ4n) is 1.86. The lowest BCUT2D eigenvalue weighted by molar-refractivity contribution is 0.130. The maximum Gasteiger partial charge on any atom is 0.161 e. The fourth-order valence-corrected chi connectivity index (χ4v) is 1.86. The van der Waals surface area contributed by atoms with E-state index in [1.165, 1.54) is 0 Å². The van der Waals surface area contributed by atoms with E-state index < -0.39 is 5.54 Å². The number of hydrogen-bond acceptors (Lipinski definition) is 4. The van der Waals surface area contributed by atoms with E-state index in [4.69, 9.17) is 15.2 Å². The van der Waals surface area contributed by atoms with Crippen molar-refractivity contribution in [2.45, 2.75) is 45.3 Å². The first-order chi connectivity index (χ1) is 8.98. The van der Waals surface area contributed by atoms with Crippen molar-refractivity contribution in [1.82, 2.24) is 0 Å². The largest absolute Gasteiger partial charge is 0.490 e. The van der Waals surface area contributed by atoms with Gasteiger partial charge >= 0.3 is 0 Å². The van der Waals surface area contributed by atoms with E-state index in [0.29, 0.717) is 13.0 Å². The van der Waals surface area contributed by atoms with E-state index in [0.717, 1.165) is 17.9 Å². The quantitative estimate of drug-likeness (QED) is 0.759. The fraction of sp³-hybridized carbons (Fsp3) is 0.600. The molecule has 0 saturated carbocycles. The molecule has 108 valence electrons. The van der Waals surface area contributed by atoms with Crippen molar-refractivity contribution in [2.75, 3.05) is 13.2 Å². The topological polar surface area (TPSA) is 64.7 Å². The van der Waals surface area contributed by atoms with Crippen LogP contribution in [0.25, 0.3) is 0 Å². The third-order valence-corrected chi connectivity index (χ3v) is 2.75. The molecule has 1 aromatic rings. The summed E-state index contributed by atoms with van der Waals surface area (Å²) in [5, 5.41) is 9.17. The maximum atomic E-state index is 9.17. The van der Waals surface area contributed by atoms with Gasteiger partial charge in [0, 0.05) is 12.0 Å². The molecule has 0 saturated heterocycles. The lowest BCUT2D eigenvalue weighted by atomic mass is 9.97. The molecule has 0 aromatic heterocycles. The molecule has 1 aromatic carbocycles. The molecular weight excluding hydrogens is 242 g/mol. The molecule has 0 radical (unpaired) electrons. The Morgan fingerprint density at radius 2 is 1.95 bits per heavy atom. The third-order valence-electron chi connectivity index (χ3n) is 2.75. The van der Waals surface area contributed by atoms with Gasteiger partial charge in [0.15, 0.2) is 11.5 Å². The van der Waals surface area contributed by atoms with Gasteiger partial charge in [-0.2, -0.15) is 0 Å². The first-order valence-corrected chi connectivity index (χ1v) is 6.76. The summed E-state index contributed by atoms with van der Waals surface area (Å²) in [7, 11) is 0. The van der Waals surface area contributed by atoms with E-state index in [-0.39, 0.29) is 12.7 Å². The first kappa shape index (κ1) is 15.8. The van der Waals surface area contributed by atoms with Crippen molar-refractivity contribution in [3.8, 4) is 11.5 Å². The summed E-state index contributed by atoms with van der Waals surface area (Å²) in [6, 6.07) is 7.61. The number of ether oxygens (including phenoxy) is 2. The molecule has 0 aliphatic heterocycles. The average molecular weight is 267 g/mol. The van der Waals surface area contributed by atoms with Gasteiger partial charge in [-0.3, -0.25) is 0 Å². The van der Waals surface area contributed by atoms with Gasteiger partial charge in [-0.15, -0.1) is 0 Å². The van der Waals surface area contributed by atoms with Crippen molar-refractivity contribution in [3.63, 3.8) is 0 Å². The van der Waals surface area contributed by atoms with Crippen LogP contribution in [0.3, 0.4) is 0 Å². The minimum Gasteiger partial charge on any atom is -0.490 e. The summed E-state index contributed by atoms with van der Waals surface area (Å²) in [4.78, 5) is 0. The van der Waals surface area contributed by atoms with E-state index in [1.54, 1.807) is 0 Å². The average Bonchev–Trinajstić information content (AvgIpc) is 2.37. The second-order valence-electron chi connectivity index (χ2n) is 5.24. The highest BCUT2D eigenvalue weighted by Gasteiger charge is 2.22. The van der Waals surface area contributed by atoms with Gasteiger partial charge in [0.2, 0.25) is 0 Å². The SMILES string of the molecule is CCCOc1ccccc1OC(C)CC(C)(N)CO. The molecule has 2 unspecified atom stereocenters. The van der Waals surface area contributed by atoms with Crippen LogP contribution in [-0.2, 0) is 0 Å². The summed E-state index contributed by atoms with van der Waals surface area (Å²) < 4.78 is 11.5. The molecule has 0 bridgehead atoms. The number of benzene rings is 1. The molecule has 0 fully saturated rings. The highest BCUT2D eigenvalue weighted by Crippen LogP contribution is 2.28. The van der Waals surface area contributed by atoms with E-state index in [1.807, 2.05) is 38.1 Å². The Morgan fingerprint density at radius 3 is 2.53 bits per heavy atom. The van der Waals surface area contributed by atoms with Crippen LogP contribution in [0.4, 0.5) is 0 Å². The Bertz CT molecular complexity index is 379. The first-order valence-electron chi connectivity index (χ1n) is 6.76. The minimum atomic E-state index is -0.626. The van der Waals surface area contributed by atoms with Crippen LogP contribution in [0.1, 0.15) is 33.6 Å². The van der Waals surface area contributed by atoms with Crippen LogP contribution >= 0.6 is 0 Å². The molecule has 19 heavy (non-hydrogen) atoms. The Kier molecular flexibility index (Phi) is 6.12. The summed E-state index contributed by atoms with van der Waals surface area (Å²) >= 11 is 0. The molecule has 0 spiro atoms. The standard InChI is InChI=1S/C15H25NO3/c1-4-9-18-13-7-5-6-8-14(13)19-12(2)10-15(3,16)11-17/h5-8,12,17H,4,9-11,16H2,1-3H3. The zero-order valence-electron chi connectivity index (χ0n) is 12.1. The molecule has 4 heteroatoms. The van der Waals surface area contributed by atoms with Crippen molar-refractivity contribution < 1.29 is 14.6 Å². The summed E-state index contributed by atoms with van der Waals surface area (Å²) in [6.45, 7) is 6.42. The number of aliphatic hydroxyl groups is 1. The zero-order valence-corrected chi connectivity index (χ0v) is 12.1. The number of rotatable bonds is 8. The predicted molar refractivity (Wildman–Crippen MR) is 76.6 cm³/mol. The van der Waals surface area contributed by atoms with Crippen molar-refractivity contribution in [2.24, 2.45) is 5.73 Å². The highest BCUT2D eigenvalue weighted by molar-refractivity contribution is 5.39. The number of para-hydroxylation sites is 2. The molecular formula is C15H25NO3. The van der Waals surface area contributed by atoms with Crippen LogP contribution in [0.2, 0.25) is 0 Å². The molecule has 0 aliphatic carbocycles. The second-order valence-corrected chi connectivity index (χ2v) is 5.24. The van der Waals surface area contributed by atoms with Crippen LogP contribution in [0, 0.1) is 0 Å². The van der Waals surface area contributed by atoms with Crippen LogP contribution < -0.4 is 15.2 Å². The van der Waals surface area contributed by atoms with E-state index in [9.17, 15) is 5.11 Å². The Hall–Kier alpha value is -1.26. The Morgan fingerprint density at radius 1 is 1.32 bits per heavy atom. The van der Waals surface area contributed by atoms with Crippen molar-refractivity contribution in [1.29, 1.82) is 0 Å². The van der Waals surface area contributed by atoms with Gasteiger partial charge in [-0.1, -0.05) is 19.1 Å². The van der Waals surface area contributed by atoms with E-state index >= 15 is 0 Å². The molecule has 3 N–H and O–H groups in total. The van der Waals surface area contributed by atoms with Crippen LogP contribution in [0.5, 0.6) is 11.5 Å². The highest BCUT2D eigenvalue weighted by atomic mass is 16.5. The number of nitrogens with two attached hydrogens (primary N) is 1. The second kappa shape index (κ2) is 7.36. The molecule has 0 heterocycles. The normalized spacial score (nSPS) is 15.6. The van der Waals surface area contributed by atoms with E-state index in [2.05, 4.69) is 6.92 Å². The molecule has 4 nitrogen and oxygen atoms in total. The summed E-state index contributed by atoms with van der Waals surface area (Å²) in [5.41, 5.74) is 5.30. The monoisotopic (exact) mass is 267 g/mol. The van der Waals surface area contributed by atoms with Crippen molar-refractivity contribution in [3.05, 3.63) is 24.3 Å². The predicted octanol–water partition coefficient (Wildman–Crippen LogP) is 2.34.